The lowest BCUT2D eigenvalue weighted by Crippen LogP contribution is -2.48. The Kier molecular flexibility index (Phi) is 4.00. The molecule has 0 saturated carbocycles. The average Bonchev–Trinajstić information content (AvgIpc) is 2.11. The molecule has 3 nitrogen and oxygen atoms in total. The van der Waals surface area contributed by atoms with Crippen LogP contribution in [-0.2, 0) is 0 Å². The van der Waals surface area contributed by atoms with Gasteiger partial charge in [0.15, 0.2) is 0 Å². The van der Waals surface area contributed by atoms with Crippen molar-refractivity contribution in [2.45, 2.75) is 12.8 Å². The first-order valence-electron chi connectivity index (χ1n) is 6.32. The number of likely N-dealkylation sites (tertiary alicyclic amines) is 1. The molecule has 1 N–H and O–H groups in total. The monoisotopic (exact) mass is 211 g/mol. The second-order valence-corrected chi connectivity index (χ2v) is 5.52. The SMILES string of the molecule is CN1CCCC(CN(C)CC2CNC2)C1. The molecule has 2 aliphatic heterocycles. The third kappa shape index (κ3) is 3.44. The van der Waals surface area contributed by atoms with Crippen LogP contribution in [0.1, 0.15) is 12.8 Å². The van der Waals surface area contributed by atoms with Crippen molar-refractivity contribution in [3.63, 3.8) is 0 Å². The Bertz CT molecular complexity index is 191. The highest BCUT2D eigenvalue weighted by Gasteiger charge is 2.22. The largest absolute Gasteiger partial charge is 0.316 e. The number of hydrogen-bond donors (Lipinski definition) is 1. The lowest BCUT2D eigenvalue weighted by Gasteiger charge is -2.35. The van der Waals surface area contributed by atoms with Gasteiger partial charge in [-0.1, -0.05) is 0 Å². The number of rotatable bonds is 4. The van der Waals surface area contributed by atoms with Gasteiger partial charge in [-0.2, -0.15) is 0 Å². The van der Waals surface area contributed by atoms with E-state index in [2.05, 4.69) is 29.2 Å². The molecular weight excluding hydrogens is 186 g/mol. The fraction of sp³-hybridized carbons (Fsp3) is 1.00. The third-order valence-electron chi connectivity index (χ3n) is 3.73. The fourth-order valence-corrected chi connectivity index (χ4v) is 2.86. The molecule has 2 saturated heterocycles. The Morgan fingerprint density at radius 3 is 2.60 bits per heavy atom. The Morgan fingerprint density at radius 2 is 2.00 bits per heavy atom. The number of hydrogen-bond acceptors (Lipinski definition) is 3. The minimum atomic E-state index is 0.904. The van der Waals surface area contributed by atoms with Crippen molar-refractivity contribution in [2.75, 3.05) is 53.4 Å². The smallest absolute Gasteiger partial charge is 0.00311 e. The van der Waals surface area contributed by atoms with E-state index in [-0.39, 0.29) is 0 Å². The van der Waals surface area contributed by atoms with Gasteiger partial charge >= 0.3 is 0 Å². The second kappa shape index (κ2) is 5.28. The normalized spacial score (nSPS) is 29.4. The van der Waals surface area contributed by atoms with Crippen LogP contribution in [0.5, 0.6) is 0 Å². The minimum Gasteiger partial charge on any atom is -0.316 e. The van der Waals surface area contributed by atoms with Crippen LogP contribution < -0.4 is 5.32 Å². The number of piperidine rings is 1. The zero-order valence-electron chi connectivity index (χ0n) is 10.2. The van der Waals surface area contributed by atoms with Crippen molar-refractivity contribution in [2.24, 2.45) is 11.8 Å². The van der Waals surface area contributed by atoms with Crippen molar-refractivity contribution in [1.82, 2.24) is 15.1 Å². The summed E-state index contributed by atoms with van der Waals surface area (Å²) in [7, 11) is 4.54. The van der Waals surface area contributed by atoms with E-state index < -0.39 is 0 Å². The van der Waals surface area contributed by atoms with E-state index in [0.29, 0.717) is 0 Å². The summed E-state index contributed by atoms with van der Waals surface area (Å²) in [5.41, 5.74) is 0. The summed E-state index contributed by atoms with van der Waals surface area (Å²) >= 11 is 0. The van der Waals surface area contributed by atoms with Crippen molar-refractivity contribution in [3.8, 4) is 0 Å². The predicted octanol–water partition coefficient (Wildman–Crippen LogP) is 0.479. The molecule has 0 spiro atoms. The van der Waals surface area contributed by atoms with Gasteiger partial charge in [0.05, 0.1) is 0 Å². The lowest BCUT2D eigenvalue weighted by atomic mass is 9.97. The van der Waals surface area contributed by atoms with Gasteiger partial charge in [0.2, 0.25) is 0 Å². The highest BCUT2D eigenvalue weighted by molar-refractivity contribution is 4.79. The maximum atomic E-state index is 3.34. The first kappa shape index (κ1) is 11.4. The summed E-state index contributed by atoms with van der Waals surface area (Å²) in [6.45, 7) is 7.64. The molecule has 1 atom stereocenters. The van der Waals surface area contributed by atoms with E-state index in [9.17, 15) is 0 Å². The molecule has 0 aromatic heterocycles. The van der Waals surface area contributed by atoms with Gasteiger partial charge in [-0.25, -0.2) is 0 Å². The molecule has 1 unspecified atom stereocenters. The fourth-order valence-electron chi connectivity index (χ4n) is 2.86. The van der Waals surface area contributed by atoms with Gasteiger partial charge in [0, 0.05) is 32.7 Å². The van der Waals surface area contributed by atoms with Crippen molar-refractivity contribution >= 4 is 0 Å². The van der Waals surface area contributed by atoms with Crippen LogP contribution in [0.2, 0.25) is 0 Å². The van der Waals surface area contributed by atoms with Crippen LogP contribution in [0.3, 0.4) is 0 Å². The Morgan fingerprint density at radius 1 is 1.27 bits per heavy atom. The lowest BCUT2D eigenvalue weighted by molar-refractivity contribution is 0.146. The Labute approximate surface area is 93.8 Å². The quantitative estimate of drug-likeness (QED) is 0.730. The average molecular weight is 211 g/mol. The van der Waals surface area contributed by atoms with Crippen molar-refractivity contribution in [1.29, 1.82) is 0 Å². The summed E-state index contributed by atoms with van der Waals surface area (Å²) in [5.74, 6) is 1.82. The van der Waals surface area contributed by atoms with E-state index >= 15 is 0 Å². The van der Waals surface area contributed by atoms with Gasteiger partial charge in [0.25, 0.3) is 0 Å². The number of nitrogens with one attached hydrogen (secondary N) is 1. The topological polar surface area (TPSA) is 18.5 Å². The molecule has 0 aromatic carbocycles. The van der Waals surface area contributed by atoms with Crippen molar-refractivity contribution < 1.29 is 0 Å². The van der Waals surface area contributed by atoms with Gasteiger partial charge < -0.3 is 15.1 Å². The zero-order valence-corrected chi connectivity index (χ0v) is 10.2. The predicted molar refractivity (Wildman–Crippen MR) is 64.1 cm³/mol. The summed E-state index contributed by atoms with van der Waals surface area (Å²) < 4.78 is 0. The first-order chi connectivity index (χ1) is 7.24. The van der Waals surface area contributed by atoms with E-state index in [1.807, 2.05) is 0 Å². The maximum Gasteiger partial charge on any atom is 0.00311 e. The molecule has 2 fully saturated rings. The van der Waals surface area contributed by atoms with Gasteiger partial charge in [0.1, 0.15) is 0 Å². The summed E-state index contributed by atoms with van der Waals surface area (Å²) in [6, 6.07) is 0. The van der Waals surface area contributed by atoms with Crippen molar-refractivity contribution in [3.05, 3.63) is 0 Å². The van der Waals surface area contributed by atoms with Crippen LogP contribution in [0.25, 0.3) is 0 Å². The van der Waals surface area contributed by atoms with E-state index in [4.69, 9.17) is 0 Å². The molecule has 0 aromatic rings. The molecular formula is C12H25N3. The minimum absolute atomic E-state index is 0.904. The summed E-state index contributed by atoms with van der Waals surface area (Å²) in [6.07, 6.45) is 2.82. The molecule has 2 rings (SSSR count). The van der Waals surface area contributed by atoms with Crippen LogP contribution in [0, 0.1) is 11.8 Å². The molecule has 0 radical (unpaired) electrons. The molecule has 2 aliphatic rings. The molecule has 3 heteroatoms. The van der Waals surface area contributed by atoms with Gasteiger partial charge in [-0.3, -0.25) is 0 Å². The van der Waals surface area contributed by atoms with Crippen LogP contribution in [0.15, 0.2) is 0 Å². The third-order valence-corrected chi connectivity index (χ3v) is 3.73. The molecule has 88 valence electrons. The molecule has 2 heterocycles. The summed E-state index contributed by atoms with van der Waals surface area (Å²) in [5, 5.41) is 3.34. The second-order valence-electron chi connectivity index (χ2n) is 5.52. The number of nitrogens with zero attached hydrogens (tertiary/aromatic N) is 2. The standard InChI is InChI=1S/C12H25N3/c1-14-5-3-4-11(8-14)9-15(2)10-12-6-13-7-12/h11-13H,3-10H2,1-2H3. The Balaban J connectivity index is 1.65. The van der Waals surface area contributed by atoms with Gasteiger partial charge in [-0.05, 0) is 45.3 Å². The Hall–Kier alpha value is -0.120. The first-order valence-corrected chi connectivity index (χ1v) is 6.32. The molecule has 15 heavy (non-hydrogen) atoms. The molecule has 0 aliphatic carbocycles. The van der Waals surface area contributed by atoms with Gasteiger partial charge in [-0.15, -0.1) is 0 Å². The van der Waals surface area contributed by atoms with Crippen LogP contribution >= 0.6 is 0 Å². The van der Waals surface area contributed by atoms with E-state index in [1.54, 1.807) is 0 Å². The highest BCUT2D eigenvalue weighted by Crippen LogP contribution is 2.16. The van der Waals surface area contributed by atoms with Crippen LogP contribution in [0.4, 0.5) is 0 Å². The molecule has 0 amide bonds. The zero-order chi connectivity index (χ0) is 10.7. The van der Waals surface area contributed by atoms with Crippen LogP contribution in [-0.4, -0.2) is 63.2 Å². The molecule has 0 bridgehead atoms. The maximum absolute atomic E-state index is 3.34. The van der Waals surface area contributed by atoms with E-state index in [1.165, 1.54) is 52.1 Å². The summed E-state index contributed by atoms with van der Waals surface area (Å²) in [4.78, 5) is 5.02. The highest BCUT2D eigenvalue weighted by atomic mass is 15.1. The van der Waals surface area contributed by atoms with E-state index in [0.717, 1.165) is 11.8 Å².